The van der Waals surface area contributed by atoms with Crippen molar-refractivity contribution in [2.24, 2.45) is 0 Å². The summed E-state index contributed by atoms with van der Waals surface area (Å²) in [6.07, 6.45) is -0.282. The third kappa shape index (κ3) is 3.05. The number of nitrogens with one attached hydrogen (secondary N) is 2. The van der Waals surface area contributed by atoms with Crippen LogP contribution in [0.2, 0.25) is 0 Å². The van der Waals surface area contributed by atoms with Crippen LogP contribution < -0.4 is 15.0 Å². The fourth-order valence-corrected chi connectivity index (χ4v) is 3.64. The fourth-order valence-electron chi connectivity index (χ4n) is 3.64. The van der Waals surface area contributed by atoms with E-state index in [-0.39, 0.29) is 12.1 Å². The minimum absolute atomic E-state index is 0.0169. The predicted molar refractivity (Wildman–Crippen MR) is 107 cm³/mol. The number of aryl methyl sites for hydroxylation is 2. The monoisotopic (exact) mass is 361 g/mol. The Kier molecular flexibility index (Phi) is 4.36. The number of fused-ring (bicyclic) bond motifs is 1. The molecule has 5 nitrogen and oxygen atoms in total. The van der Waals surface area contributed by atoms with Gasteiger partial charge >= 0.3 is 0 Å². The van der Waals surface area contributed by atoms with Gasteiger partial charge in [0.15, 0.2) is 0 Å². The van der Waals surface area contributed by atoms with Crippen LogP contribution in [0.15, 0.2) is 54.6 Å². The van der Waals surface area contributed by atoms with E-state index >= 15 is 0 Å². The number of H-pyrrole nitrogens is 1. The molecule has 0 aliphatic carbocycles. The van der Waals surface area contributed by atoms with Gasteiger partial charge in [-0.1, -0.05) is 12.1 Å². The summed E-state index contributed by atoms with van der Waals surface area (Å²) < 4.78 is 5.54. The van der Waals surface area contributed by atoms with Crippen molar-refractivity contribution in [3.8, 4) is 5.75 Å². The second-order valence-electron chi connectivity index (χ2n) is 6.73. The van der Waals surface area contributed by atoms with E-state index in [1.807, 2.05) is 74.2 Å². The van der Waals surface area contributed by atoms with Crippen molar-refractivity contribution < 1.29 is 9.53 Å². The minimum Gasteiger partial charge on any atom is -0.494 e. The lowest BCUT2D eigenvalue weighted by molar-refractivity contribution is 0.0975. The van der Waals surface area contributed by atoms with Gasteiger partial charge < -0.3 is 15.0 Å². The van der Waals surface area contributed by atoms with Crippen LogP contribution in [0, 0.1) is 13.8 Å². The number of amides is 1. The number of rotatable bonds is 4. The largest absolute Gasteiger partial charge is 0.494 e. The summed E-state index contributed by atoms with van der Waals surface area (Å²) >= 11 is 0. The van der Waals surface area contributed by atoms with Gasteiger partial charge in [0.2, 0.25) is 0 Å². The van der Waals surface area contributed by atoms with Crippen LogP contribution >= 0.6 is 0 Å². The van der Waals surface area contributed by atoms with Crippen molar-refractivity contribution in [1.29, 1.82) is 0 Å². The first-order valence-electron chi connectivity index (χ1n) is 9.16. The van der Waals surface area contributed by atoms with E-state index in [4.69, 9.17) is 4.74 Å². The maximum atomic E-state index is 13.4. The minimum atomic E-state index is -0.282. The fraction of sp³-hybridized carbons (Fsp3) is 0.227. The molecule has 0 spiro atoms. The molecule has 0 radical (unpaired) electrons. The first-order chi connectivity index (χ1) is 13.1. The van der Waals surface area contributed by atoms with Gasteiger partial charge in [0, 0.05) is 28.3 Å². The van der Waals surface area contributed by atoms with E-state index in [1.54, 1.807) is 0 Å². The molecular weight excluding hydrogens is 338 g/mol. The van der Waals surface area contributed by atoms with E-state index in [9.17, 15) is 4.79 Å². The highest BCUT2D eigenvalue weighted by Crippen LogP contribution is 2.38. The van der Waals surface area contributed by atoms with E-state index < -0.39 is 0 Å². The van der Waals surface area contributed by atoms with Gasteiger partial charge in [-0.25, -0.2) is 0 Å². The molecule has 3 aromatic rings. The van der Waals surface area contributed by atoms with E-state index in [0.29, 0.717) is 12.2 Å². The Balaban J connectivity index is 1.81. The normalized spacial score (nSPS) is 16.0. The van der Waals surface area contributed by atoms with E-state index in [0.717, 1.165) is 34.1 Å². The summed E-state index contributed by atoms with van der Waals surface area (Å²) in [6, 6.07) is 17.4. The molecule has 4 rings (SSSR count). The highest BCUT2D eigenvalue weighted by molar-refractivity contribution is 6.12. The number of aromatic nitrogens is 1. The Labute approximate surface area is 159 Å². The number of carbonyl (C=O) groups excluding carboxylic acids is 1. The van der Waals surface area contributed by atoms with Crippen molar-refractivity contribution in [2.75, 3.05) is 16.8 Å². The molecule has 27 heavy (non-hydrogen) atoms. The summed E-state index contributed by atoms with van der Waals surface area (Å²) in [7, 11) is 0. The number of aromatic amines is 1. The molecule has 2 N–H and O–H groups in total. The number of hydrogen-bond acceptors (Lipinski definition) is 3. The molecule has 138 valence electrons. The van der Waals surface area contributed by atoms with Gasteiger partial charge in [-0.05, 0) is 63.2 Å². The smallest absolute Gasteiger partial charge is 0.262 e. The van der Waals surface area contributed by atoms with Gasteiger partial charge in [-0.15, -0.1) is 0 Å². The number of benzene rings is 2. The number of anilines is 2. The van der Waals surface area contributed by atoms with Gasteiger partial charge in [-0.3, -0.25) is 9.69 Å². The molecule has 1 aliphatic heterocycles. The zero-order chi connectivity index (χ0) is 19.0. The predicted octanol–water partition coefficient (Wildman–Crippen LogP) is 4.80. The zero-order valence-corrected chi connectivity index (χ0v) is 15.7. The van der Waals surface area contributed by atoms with Crippen molar-refractivity contribution in [2.45, 2.75) is 26.9 Å². The molecule has 5 heteroatoms. The topological polar surface area (TPSA) is 57.4 Å². The standard InChI is InChI=1S/C22H23N3O2/c1-4-27-17-11-9-16(10-12-17)25-21(19-13-14(2)23-15(19)3)24-20-8-6-5-7-18(20)22(25)26/h5-13,21,23-24H,4H2,1-3H3/t21-/m0/s1. The highest BCUT2D eigenvalue weighted by Gasteiger charge is 2.35. The number of para-hydroxylation sites is 1. The van der Waals surface area contributed by atoms with Crippen LogP contribution in [0.25, 0.3) is 0 Å². The average Bonchev–Trinajstić information content (AvgIpc) is 3.01. The van der Waals surface area contributed by atoms with Crippen molar-refractivity contribution in [3.63, 3.8) is 0 Å². The summed E-state index contributed by atoms with van der Waals surface area (Å²) in [6.45, 7) is 6.62. The van der Waals surface area contributed by atoms with Gasteiger partial charge in [0.1, 0.15) is 11.9 Å². The van der Waals surface area contributed by atoms with Crippen molar-refractivity contribution >= 4 is 17.3 Å². The average molecular weight is 361 g/mol. The molecule has 1 aliphatic rings. The van der Waals surface area contributed by atoms with Crippen LogP contribution in [-0.2, 0) is 0 Å². The van der Waals surface area contributed by atoms with Gasteiger partial charge in [0.25, 0.3) is 5.91 Å². The molecule has 0 unspecified atom stereocenters. The molecule has 1 aromatic heterocycles. The Hall–Kier alpha value is -3.21. The molecule has 0 fully saturated rings. The molecule has 0 saturated carbocycles. The Bertz CT molecular complexity index is 975. The molecule has 2 aromatic carbocycles. The molecule has 0 bridgehead atoms. The first-order valence-corrected chi connectivity index (χ1v) is 9.16. The van der Waals surface area contributed by atoms with Crippen molar-refractivity contribution in [3.05, 3.63) is 77.1 Å². The summed E-state index contributed by atoms with van der Waals surface area (Å²) in [5.74, 6) is 0.779. The zero-order valence-electron chi connectivity index (χ0n) is 15.7. The van der Waals surface area contributed by atoms with Gasteiger partial charge in [0.05, 0.1) is 12.2 Å². The second-order valence-corrected chi connectivity index (χ2v) is 6.73. The molecule has 1 atom stereocenters. The summed E-state index contributed by atoms with van der Waals surface area (Å²) in [4.78, 5) is 18.5. The number of ether oxygens (including phenoxy) is 1. The molecule has 2 heterocycles. The summed E-state index contributed by atoms with van der Waals surface area (Å²) in [5, 5.41) is 3.54. The quantitative estimate of drug-likeness (QED) is 0.702. The SMILES string of the molecule is CCOc1ccc(N2C(=O)c3ccccc3N[C@@H]2c2cc(C)[nH]c2C)cc1. The van der Waals surface area contributed by atoms with Crippen LogP contribution in [0.4, 0.5) is 11.4 Å². The number of hydrogen-bond donors (Lipinski definition) is 2. The number of carbonyl (C=O) groups is 1. The number of nitrogens with zero attached hydrogens (tertiary/aromatic N) is 1. The Morgan fingerprint density at radius 3 is 2.48 bits per heavy atom. The molecule has 1 amide bonds. The lowest BCUT2D eigenvalue weighted by Crippen LogP contribution is -2.43. The van der Waals surface area contributed by atoms with E-state index in [1.165, 1.54) is 0 Å². The van der Waals surface area contributed by atoms with Crippen molar-refractivity contribution in [1.82, 2.24) is 4.98 Å². The van der Waals surface area contributed by atoms with E-state index in [2.05, 4.69) is 16.4 Å². The molecular formula is C22H23N3O2. The third-order valence-corrected chi connectivity index (χ3v) is 4.84. The van der Waals surface area contributed by atoms with Crippen LogP contribution in [-0.4, -0.2) is 17.5 Å². The Morgan fingerprint density at radius 2 is 1.81 bits per heavy atom. The maximum Gasteiger partial charge on any atom is 0.262 e. The third-order valence-electron chi connectivity index (χ3n) is 4.84. The van der Waals surface area contributed by atoms with Gasteiger partial charge in [-0.2, -0.15) is 0 Å². The highest BCUT2D eigenvalue weighted by atomic mass is 16.5. The Morgan fingerprint density at radius 1 is 1.07 bits per heavy atom. The van der Waals surface area contributed by atoms with Crippen LogP contribution in [0.5, 0.6) is 5.75 Å². The first kappa shape index (κ1) is 17.2. The summed E-state index contributed by atoms with van der Waals surface area (Å²) in [5.41, 5.74) is 5.54. The van der Waals surface area contributed by atoms with Crippen LogP contribution in [0.1, 0.15) is 40.4 Å². The maximum absolute atomic E-state index is 13.4. The lowest BCUT2D eigenvalue weighted by Gasteiger charge is -2.38. The molecule has 0 saturated heterocycles. The van der Waals surface area contributed by atoms with Crippen LogP contribution in [0.3, 0.4) is 0 Å². The lowest BCUT2D eigenvalue weighted by atomic mass is 10.0. The second kappa shape index (κ2) is 6.83.